The fourth-order valence-electron chi connectivity index (χ4n) is 2.00. The molecule has 0 aliphatic carbocycles. The molecule has 0 fully saturated rings. The Morgan fingerprint density at radius 1 is 1.11 bits per heavy atom. The molecule has 0 saturated heterocycles. The van der Waals surface area contributed by atoms with Gasteiger partial charge < -0.3 is 5.32 Å². The summed E-state index contributed by atoms with van der Waals surface area (Å²) in [6.07, 6.45) is -2.89. The molecule has 0 aliphatic heterocycles. The van der Waals surface area contributed by atoms with Crippen molar-refractivity contribution in [1.82, 2.24) is 5.32 Å². The van der Waals surface area contributed by atoms with E-state index in [1.165, 1.54) is 5.56 Å². The Bertz CT molecular complexity index is 357. The molecule has 0 saturated carbocycles. The third-order valence-electron chi connectivity index (χ3n) is 3.15. The summed E-state index contributed by atoms with van der Waals surface area (Å²) in [5.74, 6) is 0. The molecule has 19 heavy (non-hydrogen) atoms. The molecule has 0 amide bonds. The summed E-state index contributed by atoms with van der Waals surface area (Å²) in [4.78, 5) is 0. The molecule has 1 atom stereocenters. The zero-order valence-corrected chi connectivity index (χ0v) is 11.6. The van der Waals surface area contributed by atoms with Crippen LogP contribution in [0.5, 0.6) is 0 Å². The third-order valence-corrected chi connectivity index (χ3v) is 3.15. The van der Waals surface area contributed by atoms with Gasteiger partial charge in [0.05, 0.1) is 0 Å². The van der Waals surface area contributed by atoms with Crippen LogP contribution in [0.3, 0.4) is 0 Å². The SMILES string of the molecule is CCCNC(CCC(F)(F)F)c1ccc(CC)cc1. The summed E-state index contributed by atoms with van der Waals surface area (Å²) in [7, 11) is 0. The fourth-order valence-corrected chi connectivity index (χ4v) is 2.00. The van der Waals surface area contributed by atoms with Crippen molar-refractivity contribution >= 4 is 0 Å². The molecule has 0 aliphatic rings. The Hall–Kier alpha value is -1.03. The molecule has 1 nitrogen and oxygen atoms in total. The Morgan fingerprint density at radius 2 is 1.74 bits per heavy atom. The first-order chi connectivity index (χ1) is 8.96. The highest BCUT2D eigenvalue weighted by Crippen LogP contribution is 2.27. The lowest BCUT2D eigenvalue weighted by Gasteiger charge is -2.20. The van der Waals surface area contributed by atoms with Gasteiger partial charge in [0.1, 0.15) is 0 Å². The van der Waals surface area contributed by atoms with Crippen LogP contribution in [0.4, 0.5) is 13.2 Å². The zero-order chi connectivity index (χ0) is 14.3. The van der Waals surface area contributed by atoms with E-state index in [0.717, 1.165) is 24.9 Å². The van der Waals surface area contributed by atoms with Crippen molar-refractivity contribution < 1.29 is 13.2 Å². The minimum absolute atomic E-state index is 0.0922. The molecule has 108 valence electrons. The molecule has 0 heterocycles. The van der Waals surface area contributed by atoms with Crippen LogP contribution in [-0.4, -0.2) is 12.7 Å². The summed E-state index contributed by atoms with van der Waals surface area (Å²) in [5.41, 5.74) is 2.14. The van der Waals surface area contributed by atoms with Crippen molar-refractivity contribution in [3.8, 4) is 0 Å². The Labute approximate surface area is 113 Å². The number of hydrogen-bond acceptors (Lipinski definition) is 1. The van der Waals surface area contributed by atoms with E-state index in [-0.39, 0.29) is 12.5 Å². The maximum Gasteiger partial charge on any atom is 0.389 e. The second-order valence-electron chi connectivity index (χ2n) is 4.76. The summed E-state index contributed by atoms with van der Waals surface area (Å²) in [6.45, 7) is 4.80. The van der Waals surface area contributed by atoms with E-state index >= 15 is 0 Å². The number of hydrogen-bond donors (Lipinski definition) is 1. The number of halogens is 3. The fraction of sp³-hybridized carbons (Fsp3) is 0.600. The molecule has 0 aromatic heterocycles. The van der Waals surface area contributed by atoms with Crippen molar-refractivity contribution in [2.45, 2.75) is 51.7 Å². The van der Waals surface area contributed by atoms with E-state index < -0.39 is 12.6 Å². The predicted octanol–water partition coefficient (Wildman–Crippen LogP) is 4.63. The number of aryl methyl sites for hydroxylation is 1. The van der Waals surface area contributed by atoms with Crippen molar-refractivity contribution in [2.24, 2.45) is 0 Å². The van der Waals surface area contributed by atoms with Gasteiger partial charge in [0.2, 0.25) is 0 Å². The standard InChI is InChI=1S/C15H22F3N/c1-3-11-19-14(9-10-15(16,17)18)13-7-5-12(4-2)6-8-13/h5-8,14,19H,3-4,9-11H2,1-2H3. The van der Waals surface area contributed by atoms with Crippen molar-refractivity contribution in [2.75, 3.05) is 6.54 Å². The van der Waals surface area contributed by atoms with E-state index in [1.54, 1.807) is 0 Å². The topological polar surface area (TPSA) is 12.0 Å². The van der Waals surface area contributed by atoms with Crippen LogP contribution < -0.4 is 5.32 Å². The summed E-state index contributed by atoms with van der Waals surface area (Å²) < 4.78 is 37.0. The van der Waals surface area contributed by atoms with E-state index in [0.29, 0.717) is 0 Å². The minimum atomic E-state index is -4.09. The number of benzene rings is 1. The normalized spacial score (nSPS) is 13.5. The van der Waals surface area contributed by atoms with E-state index in [9.17, 15) is 13.2 Å². The van der Waals surface area contributed by atoms with Crippen LogP contribution in [0.2, 0.25) is 0 Å². The monoisotopic (exact) mass is 273 g/mol. The van der Waals surface area contributed by atoms with Gasteiger partial charge in [0.25, 0.3) is 0 Å². The second kappa shape index (κ2) is 7.53. The molecule has 4 heteroatoms. The Balaban J connectivity index is 2.70. The molecule has 1 rings (SSSR count). The molecule has 1 aromatic carbocycles. The van der Waals surface area contributed by atoms with Crippen molar-refractivity contribution in [3.05, 3.63) is 35.4 Å². The summed E-state index contributed by atoms with van der Waals surface area (Å²) >= 11 is 0. The highest BCUT2D eigenvalue weighted by atomic mass is 19.4. The van der Waals surface area contributed by atoms with Crippen LogP contribution in [0.15, 0.2) is 24.3 Å². The minimum Gasteiger partial charge on any atom is -0.310 e. The van der Waals surface area contributed by atoms with Crippen molar-refractivity contribution in [1.29, 1.82) is 0 Å². The number of alkyl halides is 3. The largest absolute Gasteiger partial charge is 0.389 e. The molecule has 1 aromatic rings. The summed E-state index contributed by atoms with van der Waals surface area (Å²) in [6, 6.07) is 7.63. The van der Waals surface area contributed by atoms with Gasteiger partial charge in [0, 0.05) is 12.5 Å². The third kappa shape index (κ3) is 6.10. The van der Waals surface area contributed by atoms with Crippen LogP contribution >= 0.6 is 0 Å². The van der Waals surface area contributed by atoms with Crippen LogP contribution in [0, 0.1) is 0 Å². The van der Waals surface area contributed by atoms with Crippen LogP contribution in [0.1, 0.15) is 50.3 Å². The molecular formula is C15H22F3N. The number of nitrogens with one attached hydrogen (secondary N) is 1. The number of rotatable bonds is 7. The van der Waals surface area contributed by atoms with E-state index in [4.69, 9.17) is 0 Å². The molecule has 1 unspecified atom stereocenters. The van der Waals surface area contributed by atoms with E-state index in [2.05, 4.69) is 12.2 Å². The maximum absolute atomic E-state index is 12.3. The first-order valence-corrected chi connectivity index (χ1v) is 6.85. The molecule has 0 spiro atoms. The van der Waals surface area contributed by atoms with E-state index in [1.807, 2.05) is 31.2 Å². The average Bonchev–Trinajstić information content (AvgIpc) is 2.38. The highest BCUT2D eigenvalue weighted by Gasteiger charge is 2.28. The molecular weight excluding hydrogens is 251 g/mol. The maximum atomic E-state index is 12.3. The summed E-state index contributed by atoms with van der Waals surface area (Å²) in [5, 5.41) is 3.20. The van der Waals surface area contributed by atoms with Gasteiger partial charge in [-0.25, -0.2) is 0 Å². The van der Waals surface area contributed by atoms with Crippen LogP contribution in [-0.2, 0) is 6.42 Å². The smallest absolute Gasteiger partial charge is 0.310 e. The highest BCUT2D eigenvalue weighted by molar-refractivity contribution is 5.25. The molecule has 0 bridgehead atoms. The van der Waals surface area contributed by atoms with Gasteiger partial charge in [-0.1, -0.05) is 38.1 Å². The van der Waals surface area contributed by atoms with Gasteiger partial charge in [0.15, 0.2) is 0 Å². The predicted molar refractivity (Wildman–Crippen MR) is 72.1 cm³/mol. The first-order valence-electron chi connectivity index (χ1n) is 6.85. The van der Waals surface area contributed by atoms with Crippen LogP contribution in [0.25, 0.3) is 0 Å². The lowest BCUT2D eigenvalue weighted by molar-refractivity contribution is -0.136. The second-order valence-corrected chi connectivity index (χ2v) is 4.76. The van der Waals surface area contributed by atoms with Crippen molar-refractivity contribution in [3.63, 3.8) is 0 Å². The lowest BCUT2D eigenvalue weighted by Crippen LogP contribution is -2.24. The van der Waals surface area contributed by atoms with Gasteiger partial charge in [-0.3, -0.25) is 0 Å². The van der Waals surface area contributed by atoms with Gasteiger partial charge in [-0.05, 0) is 36.9 Å². The molecule has 1 N–H and O–H groups in total. The van der Waals surface area contributed by atoms with Gasteiger partial charge in [-0.2, -0.15) is 13.2 Å². The first kappa shape index (κ1) is 16.0. The molecule has 0 radical (unpaired) electrons. The zero-order valence-electron chi connectivity index (χ0n) is 11.6. The van der Waals surface area contributed by atoms with Gasteiger partial charge in [-0.15, -0.1) is 0 Å². The Morgan fingerprint density at radius 3 is 2.21 bits per heavy atom. The van der Waals surface area contributed by atoms with Gasteiger partial charge >= 0.3 is 6.18 Å². The quantitative estimate of drug-likeness (QED) is 0.763. The average molecular weight is 273 g/mol. The lowest BCUT2D eigenvalue weighted by atomic mass is 9.99. The Kier molecular flexibility index (Phi) is 6.35.